The molecule has 0 atom stereocenters. The number of likely N-dealkylation sites (N-methyl/N-ethyl adjacent to an activating group) is 1. The molecule has 4 N–H and O–H groups in total. The lowest BCUT2D eigenvalue weighted by Gasteiger charge is -2.15. The molecule has 32 heavy (non-hydrogen) atoms. The molecule has 3 aromatic rings. The number of rotatable bonds is 8. The van der Waals surface area contributed by atoms with Gasteiger partial charge < -0.3 is 25.4 Å². The Kier molecular flexibility index (Phi) is 7.20. The lowest BCUT2D eigenvalue weighted by Crippen LogP contribution is -2.30. The zero-order valence-corrected chi connectivity index (χ0v) is 18.1. The smallest absolute Gasteiger partial charge is 0.264 e. The number of anilines is 1. The Balaban J connectivity index is 2.35. The van der Waals surface area contributed by atoms with E-state index < -0.39 is 5.91 Å². The minimum absolute atomic E-state index is 0.0352. The fourth-order valence-electron chi connectivity index (χ4n) is 3.56. The summed E-state index contributed by atoms with van der Waals surface area (Å²) in [4.78, 5) is 22.6. The summed E-state index contributed by atoms with van der Waals surface area (Å²) in [5.74, 6) is -0.223. The van der Waals surface area contributed by atoms with E-state index in [1.807, 2.05) is 41.8 Å². The summed E-state index contributed by atoms with van der Waals surface area (Å²) in [6.45, 7) is 2.25. The summed E-state index contributed by atoms with van der Waals surface area (Å²) in [7, 11) is 1.52. The lowest BCUT2D eigenvalue weighted by molar-refractivity contribution is -0.125. The maximum atomic E-state index is 12.8. The molecule has 0 radical (unpaired) electrons. The molecule has 0 spiro atoms. The summed E-state index contributed by atoms with van der Waals surface area (Å²) in [5.41, 5.74) is 9.92. The molecule has 0 fully saturated rings. The van der Waals surface area contributed by atoms with E-state index in [0.717, 1.165) is 11.1 Å². The van der Waals surface area contributed by atoms with Gasteiger partial charge in [0.15, 0.2) is 0 Å². The molecule has 9 heteroatoms. The Bertz CT molecular complexity index is 1190. The van der Waals surface area contributed by atoms with Crippen molar-refractivity contribution >= 4 is 28.8 Å². The minimum atomic E-state index is -0.505. The fourth-order valence-corrected chi connectivity index (χ4v) is 3.56. The van der Waals surface area contributed by atoms with Gasteiger partial charge in [0, 0.05) is 32.3 Å². The van der Waals surface area contributed by atoms with E-state index in [0.29, 0.717) is 35.3 Å². The van der Waals surface area contributed by atoms with Crippen molar-refractivity contribution in [2.45, 2.75) is 19.9 Å². The number of aromatic nitrogens is 3. The second-order valence-electron chi connectivity index (χ2n) is 7.43. The number of hydrogen-bond donors (Lipinski definition) is 3. The quantitative estimate of drug-likeness (QED) is 0.362. The zero-order chi connectivity index (χ0) is 23.3. The van der Waals surface area contributed by atoms with Crippen LogP contribution in [0.4, 0.5) is 5.82 Å². The van der Waals surface area contributed by atoms with Crippen LogP contribution in [-0.4, -0.2) is 62.4 Å². The lowest BCUT2D eigenvalue weighted by atomic mass is 10.00. The van der Waals surface area contributed by atoms with E-state index in [-0.39, 0.29) is 31.1 Å². The molecule has 0 unspecified atom stereocenters. The molecule has 0 saturated heterocycles. The third-order valence-electron chi connectivity index (χ3n) is 5.20. The van der Waals surface area contributed by atoms with Crippen molar-refractivity contribution in [1.29, 1.82) is 5.26 Å². The summed E-state index contributed by atoms with van der Waals surface area (Å²) >= 11 is 0. The Morgan fingerprint density at radius 1 is 1.25 bits per heavy atom. The summed E-state index contributed by atoms with van der Waals surface area (Å²) in [6.07, 6.45) is 3.33. The highest BCUT2D eigenvalue weighted by Crippen LogP contribution is 2.38. The number of aryl methyl sites for hydroxylation is 2. The first-order valence-electron chi connectivity index (χ1n) is 10.2. The molecule has 0 aliphatic carbocycles. The maximum Gasteiger partial charge on any atom is 0.264 e. The van der Waals surface area contributed by atoms with Gasteiger partial charge in [-0.2, -0.15) is 5.26 Å². The molecule has 0 bridgehead atoms. The number of amides is 1. The van der Waals surface area contributed by atoms with Gasteiger partial charge in [0.2, 0.25) is 0 Å². The SMILES string of the molecule is Cc1ccc(-c2c(/C=C(\C#N)C(=O)N(C)CCO)n(CCCO)c3ncnc(N)c23)cc1. The number of nitrogens with zero attached hydrogens (tertiary/aromatic N) is 5. The Labute approximate surface area is 186 Å². The van der Waals surface area contributed by atoms with Crippen LogP contribution in [0.3, 0.4) is 0 Å². The number of nitrogens with two attached hydrogens (primary N) is 1. The van der Waals surface area contributed by atoms with E-state index in [1.54, 1.807) is 0 Å². The maximum absolute atomic E-state index is 12.8. The highest BCUT2D eigenvalue weighted by molar-refractivity contribution is 6.08. The van der Waals surface area contributed by atoms with E-state index >= 15 is 0 Å². The van der Waals surface area contributed by atoms with Crippen molar-refractivity contribution < 1.29 is 15.0 Å². The monoisotopic (exact) mass is 434 g/mol. The number of hydrogen-bond acceptors (Lipinski definition) is 7. The first-order chi connectivity index (χ1) is 15.4. The molecule has 2 aromatic heterocycles. The van der Waals surface area contributed by atoms with Crippen molar-refractivity contribution in [1.82, 2.24) is 19.4 Å². The average Bonchev–Trinajstić information content (AvgIpc) is 3.10. The van der Waals surface area contributed by atoms with Gasteiger partial charge in [-0.25, -0.2) is 9.97 Å². The number of fused-ring (bicyclic) bond motifs is 1. The van der Waals surface area contributed by atoms with Gasteiger partial charge in [-0.1, -0.05) is 29.8 Å². The van der Waals surface area contributed by atoms with Gasteiger partial charge in [-0.05, 0) is 25.0 Å². The summed E-state index contributed by atoms with van der Waals surface area (Å²) in [5, 5.41) is 28.9. The van der Waals surface area contributed by atoms with Crippen LogP contribution in [0.1, 0.15) is 17.7 Å². The molecule has 2 heterocycles. The van der Waals surface area contributed by atoms with Gasteiger partial charge in [-0.15, -0.1) is 0 Å². The van der Waals surface area contributed by atoms with Crippen LogP contribution in [-0.2, 0) is 11.3 Å². The number of aliphatic hydroxyl groups is 2. The number of benzene rings is 1. The molecule has 3 rings (SSSR count). The fraction of sp³-hybridized carbons (Fsp3) is 0.304. The number of carbonyl (C=O) groups is 1. The normalized spacial score (nSPS) is 11.5. The van der Waals surface area contributed by atoms with Crippen molar-refractivity contribution in [3.05, 3.63) is 47.4 Å². The molecule has 9 nitrogen and oxygen atoms in total. The topological polar surface area (TPSA) is 141 Å². The standard InChI is InChI=1S/C23H26N6O3/c1-15-4-6-16(7-5-15)19-18(12-17(13-24)23(32)28(2)9-11-31)29(8-3-10-30)22-20(19)21(25)26-14-27-22/h4-7,12,14,30-31H,3,8-11H2,1-2H3,(H2,25,26,27)/b17-12+. The van der Waals surface area contributed by atoms with Gasteiger partial charge in [0.1, 0.15) is 29.4 Å². The molecule has 1 aromatic carbocycles. The number of carbonyl (C=O) groups excluding carboxylic acids is 1. The molecule has 0 aliphatic heterocycles. The van der Waals surface area contributed by atoms with Crippen LogP contribution < -0.4 is 5.73 Å². The second kappa shape index (κ2) is 10.0. The van der Waals surface area contributed by atoms with Crippen molar-refractivity contribution in [2.75, 3.05) is 32.5 Å². The van der Waals surface area contributed by atoms with Gasteiger partial charge in [-0.3, -0.25) is 4.79 Å². The number of nitrogen functional groups attached to an aromatic ring is 1. The zero-order valence-electron chi connectivity index (χ0n) is 18.1. The van der Waals surface area contributed by atoms with E-state index in [1.165, 1.54) is 24.4 Å². The highest BCUT2D eigenvalue weighted by atomic mass is 16.3. The summed E-state index contributed by atoms with van der Waals surface area (Å²) in [6, 6.07) is 9.79. The minimum Gasteiger partial charge on any atom is -0.396 e. The van der Waals surface area contributed by atoms with Gasteiger partial charge >= 0.3 is 0 Å². The number of nitriles is 1. The highest BCUT2D eigenvalue weighted by Gasteiger charge is 2.23. The molecule has 0 saturated carbocycles. The predicted octanol–water partition coefficient (Wildman–Crippen LogP) is 1.73. The van der Waals surface area contributed by atoms with Crippen molar-refractivity contribution in [3.63, 3.8) is 0 Å². The third-order valence-corrected chi connectivity index (χ3v) is 5.20. The van der Waals surface area contributed by atoms with Crippen LogP contribution >= 0.6 is 0 Å². The van der Waals surface area contributed by atoms with E-state index in [2.05, 4.69) is 9.97 Å². The molecule has 1 amide bonds. The van der Waals surface area contributed by atoms with Crippen LogP contribution in [0.2, 0.25) is 0 Å². The summed E-state index contributed by atoms with van der Waals surface area (Å²) < 4.78 is 1.84. The Hall–Kier alpha value is -3.74. The van der Waals surface area contributed by atoms with Crippen LogP contribution in [0, 0.1) is 18.3 Å². The molecule has 0 aliphatic rings. The van der Waals surface area contributed by atoms with Gasteiger partial charge in [0.05, 0.1) is 17.7 Å². The largest absolute Gasteiger partial charge is 0.396 e. The van der Waals surface area contributed by atoms with Crippen molar-refractivity contribution in [3.8, 4) is 17.2 Å². The molecule has 166 valence electrons. The molecular weight excluding hydrogens is 408 g/mol. The average molecular weight is 435 g/mol. The number of aliphatic hydroxyl groups excluding tert-OH is 2. The van der Waals surface area contributed by atoms with Crippen molar-refractivity contribution in [2.24, 2.45) is 0 Å². The Morgan fingerprint density at radius 3 is 2.59 bits per heavy atom. The van der Waals surface area contributed by atoms with Crippen LogP contribution in [0.25, 0.3) is 28.2 Å². The first-order valence-corrected chi connectivity index (χ1v) is 10.2. The predicted molar refractivity (Wildman–Crippen MR) is 122 cm³/mol. The second-order valence-corrected chi connectivity index (χ2v) is 7.43. The van der Waals surface area contributed by atoms with E-state index in [9.17, 15) is 15.2 Å². The van der Waals surface area contributed by atoms with Gasteiger partial charge in [0.25, 0.3) is 5.91 Å². The Morgan fingerprint density at radius 2 is 1.97 bits per heavy atom. The first kappa shape index (κ1) is 22.9. The third kappa shape index (κ3) is 4.46. The van der Waals surface area contributed by atoms with Crippen LogP contribution in [0.15, 0.2) is 36.2 Å². The van der Waals surface area contributed by atoms with E-state index in [4.69, 9.17) is 10.8 Å². The van der Waals surface area contributed by atoms with Crippen LogP contribution in [0.5, 0.6) is 0 Å². The molecular formula is C23H26N6O3.